The Kier molecular flexibility index (Phi) is 7.10. The third-order valence-electron chi connectivity index (χ3n) is 3.98. The van der Waals surface area contributed by atoms with Crippen LogP contribution in [0.3, 0.4) is 0 Å². The van der Waals surface area contributed by atoms with E-state index in [0.29, 0.717) is 22.2 Å². The Bertz CT molecular complexity index is 654. The Morgan fingerprint density at radius 2 is 1.67 bits per heavy atom. The molecule has 0 aliphatic heterocycles. The van der Waals surface area contributed by atoms with Crippen molar-refractivity contribution in [3.8, 4) is 0 Å². The summed E-state index contributed by atoms with van der Waals surface area (Å²) in [6.45, 7) is 0.572. The highest BCUT2D eigenvalue weighted by atomic mass is 35.5. The van der Waals surface area contributed by atoms with Gasteiger partial charge in [-0.2, -0.15) is 0 Å². The lowest BCUT2D eigenvalue weighted by Crippen LogP contribution is -2.42. The Labute approximate surface area is 153 Å². The number of amides is 1. The second-order valence-corrected chi connectivity index (χ2v) is 6.80. The third kappa shape index (κ3) is 5.52. The predicted octanol–water partition coefficient (Wildman–Crippen LogP) is 3.83. The van der Waals surface area contributed by atoms with Crippen molar-refractivity contribution in [1.82, 2.24) is 10.2 Å². The van der Waals surface area contributed by atoms with Crippen molar-refractivity contribution in [3.63, 3.8) is 0 Å². The molecule has 0 aliphatic rings. The van der Waals surface area contributed by atoms with Gasteiger partial charge < -0.3 is 10.2 Å². The highest BCUT2D eigenvalue weighted by Crippen LogP contribution is 2.24. The van der Waals surface area contributed by atoms with Crippen LogP contribution in [-0.2, 0) is 17.6 Å². The number of likely N-dealkylation sites (N-methyl/N-ethyl adjacent to an activating group) is 1. The summed E-state index contributed by atoms with van der Waals surface area (Å²) in [6, 6.07) is 15.7. The SMILES string of the molecule is CN(C)[C@H](CNC(=O)Cc1c(Cl)cccc1Cl)Cc1ccccc1. The van der Waals surface area contributed by atoms with Gasteiger partial charge in [0.1, 0.15) is 0 Å². The Hall–Kier alpha value is -1.55. The zero-order valence-corrected chi connectivity index (χ0v) is 15.4. The van der Waals surface area contributed by atoms with E-state index in [1.807, 2.05) is 32.3 Å². The van der Waals surface area contributed by atoms with Crippen molar-refractivity contribution in [3.05, 3.63) is 69.7 Å². The van der Waals surface area contributed by atoms with Crippen LogP contribution >= 0.6 is 23.2 Å². The van der Waals surface area contributed by atoms with Crippen LogP contribution in [-0.4, -0.2) is 37.5 Å². The molecule has 2 aromatic rings. The summed E-state index contributed by atoms with van der Waals surface area (Å²) in [4.78, 5) is 14.4. The van der Waals surface area contributed by atoms with Crippen LogP contribution in [0.15, 0.2) is 48.5 Å². The maximum atomic E-state index is 12.2. The molecule has 0 radical (unpaired) electrons. The van der Waals surface area contributed by atoms with E-state index < -0.39 is 0 Å². The van der Waals surface area contributed by atoms with Gasteiger partial charge in [0.05, 0.1) is 6.42 Å². The first-order chi connectivity index (χ1) is 11.5. The van der Waals surface area contributed by atoms with Crippen LogP contribution in [0.2, 0.25) is 10.0 Å². The number of carbonyl (C=O) groups excluding carboxylic acids is 1. The predicted molar refractivity (Wildman–Crippen MR) is 101 cm³/mol. The zero-order valence-electron chi connectivity index (χ0n) is 13.9. The number of hydrogen-bond acceptors (Lipinski definition) is 2. The number of nitrogens with zero attached hydrogens (tertiary/aromatic N) is 1. The molecule has 0 saturated heterocycles. The number of carbonyl (C=O) groups is 1. The van der Waals surface area contributed by atoms with Gasteiger partial charge in [-0.15, -0.1) is 0 Å². The van der Waals surface area contributed by atoms with Gasteiger partial charge >= 0.3 is 0 Å². The monoisotopic (exact) mass is 364 g/mol. The third-order valence-corrected chi connectivity index (χ3v) is 4.69. The van der Waals surface area contributed by atoms with Crippen molar-refractivity contribution < 1.29 is 4.79 Å². The molecule has 0 unspecified atom stereocenters. The van der Waals surface area contributed by atoms with Gasteiger partial charge in [-0.3, -0.25) is 4.79 Å². The van der Waals surface area contributed by atoms with Crippen LogP contribution < -0.4 is 5.32 Å². The lowest BCUT2D eigenvalue weighted by atomic mass is 10.0. The fourth-order valence-electron chi connectivity index (χ4n) is 2.48. The first-order valence-corrected chi connectivity index (χ1v) is 8.63. The van der Waals surface area contributed by atoms with E-state index in [-0.39, 0.29) is 18.4 Å². The summed E-state index contributed by atoms with van der Waals surface area (Å²) in [7, 11) is 4.04. The largest absolute Gasteiger partial charge is 0.354 e. The Morgan fingerprint density at radius 3 is 2.25 bits per heavy atom. The standard InChI is InChI=1S/C19H22Cl2N2O/c1-23(2)15(11-14-7-4-3-5-8-14)13-22-19(24)12-16-17(20)9-6-10-18(16)21/h3-10,15H,11-13H2,1-2H3,(H,22,24)/t15-/m0/s1. The molecule has 0 aliphatic carbocycles. The maximum absolute atomic E-state index is 12.2. The van der Waals surface area contributed by atoms with Gasteiger partial charge in [0, 0.05) is 22.6 Å². The molecule has 1 amide bonds. The molecule has 0 saturated carbocycles. The second-order valence-electron chi connectivity index (χ2n) is 5.99. The fraction of sp³-hybridized carbons (Fsp3) is 0.316. The Balaban J connectivity index is 1.93. The number of rotatable bonds is 7. The average molecular weight is 365 g/mol. The number of nitrogens with one attached hydrogen (secondary N) is 1. The first kappa shape index (κ1) is 18.8. The van der Waals surface area contributed by atoms with Gasteiger partial charge in [0.2, 0.25) is 5.91 Å². The molecule has 2 aromatic carbocycles. The van der Waals surface area contributed by atoms with Crippen molar-refractivity contribution >= 4 is 29.1 Å². The van der Waals surface area contributed by atoms with Crippen molar-refractivity contribution in [2.75, 3.05) is 20.6 Å². The molecule has 5 heteroatoms. The van der Waals surface area contributed by atoms with E-state index in [0.717, 1.165) is 6.42 Å². The quantitative estimate of drug-likeness (QED) is 0.809. The summed E-state index contributed by atoms with van der Waals surface area (Å²) in [5, 5.41) is 4.03. The summed E-state index contributed by atoms with van der Waals surface area (Å²) < 4.78 is 0. The zero-order chi connectivity index (χ0) is 17.5. The van der Waals surface area contributed by atoms with Gasteiger partial charge in [-0.25, -0.2) is 0 Å². The molecule has 0 spiro atoms. The lowest BCUT2D eigenvalue weighted by molar-refractivity contribution is -0.120. The normalized spacial score (nSPS) is 12.2. The van der Waals surface area contributed by atoms with Gasteiger partial charge in [0.15, 0.2) is 0 Å². The summed E-state index contributed by atoms with van der Waals surface area (Å²) in [5.74, 6) is -0.0788. The average Bonchev–Trinajstić information content (AvgIpc) is 2.55. The van der Waals surface area contributed by atoms with Crippen LogP contribution in [0.1, 0.15) is 11.1 Å². The highest BCUT2D eigenvalue weighted by molar-refractivity contribution is 6.36. The van der Waals surface area contributed by atoms with Crippen LogP contribution in [0.4, 0.5) is 0 Å². The first-order valence-electron chi connectivity index (χ1n) is 7.87. The highest BCUT2D eigenvalue weighted by Gasteiger charge is 2.15. The van der Waals surface area contributed by atoms with Crippen molar-refractivity contribution in [2.24, 2.45) is 0 Å². The molecule has 24 heavy (non-hydrogen) atoms. The molecule has 2 rings (SSSR count). The van der Waals surface area contributed by atoms with E-state index in [1.54, 1.807) is 18.2 Å². The van der Waals surface area contributed by atoms with E-state index in [9.17, 15) is 4.79 Å². The fourth-order valence-corrected chi connectivity index (χ4v) is 3.01. The topological polar surface area (TPSA) is 32.3 Å². The molecule has 0 bridgehead atoms. The minimum atomic E-state index is -0.0788. The molecule has 3 nitrogen and oxygen atoms in total. The van der Waals surface area contributed by atoms with Crippen molar-refractivity contribution in [1.29, 1.82) is 0 Å². The van der Waals surface area contributed by atoms with E-state index in [2.05, 4.69) is 22.3 Å². The van der Waals surface area contributed by atoms with E-state index in [4.69, 9.17) is 23.2 Å². The number of halogens is 2. The molecule has 0 aromatic heterocycles. The summed E-state index contributed by atoms with van der Waals surface area (Å²) in [6.07, 6.45) is 1.06. The Morgan fingerprint density at radius 1 is 1.04 bits per heavy atom. The lowest BCUT2D eigenvalue weighted by Gasteiger charge is -2.25. The molecule has 128 valence electrons. The minimum Gasteiger partial charge on any atom is -0.354 e. The number of hydrogen-bond donors (Lipinski definition) is 1. The van der Waals surface area contributed by atoms with Crippen LogP contribution in [0.5, 0.6) is 0 Å². The second kappa shape index (κ2) is 9.07. The molecular formula is C19H22Cl2N2O. The summed E-state index contributed by atoms with van der Waals surface area (Å²) in [5.41, 5.74) is 1.92. The van der Waals surface area contributed by atoms with Gasteiger partial charge in [-0.05, 0) is 43.8 Å². The number of benzene rings is 2. The van der Waals surface area contributed by atoms with E-state index >= 15 is 0 Å². The van der Waals surface area contributed by atoms with Gasteiger partial charge in [0.25, 0.3) is 0 Å². The minimum absolute atomic E-state index is 0.0788. The molecule has 1 N–H and O–H groups in total. The van der Waals surface area contributed by atoms with Crippen LogP contribution in [0.25, 0.3) is 0 Å². The van der Waals surface area contributed by atoms with Gasteiger partial charge in [-0.1, -0.05) is 59.6 Å². The maximum Gasteiger partial charge on any atom is 0.224 e. The molecular weight excluding hydrogens is 343 g/mol. The molecule has 0 fully saturated rings. The van der Waals surface area contributed by atoms with Crippen molar-refractivity contribution in [2.45, 2.75) is 18.9 Å². The molecule has 0 heterocycles. The van der Waals surface area contributed by atoms with Crippen LogP contribution in [0, 0.1) is 0 Å². The van der Waals surface area contributed by atoms with E-state index in [1.165, 1.54) is 5.56 Å². The summed E-state index contributed by atoms with van der Waals surface area (Å²) >= 11 is 12.2. The smallest absolute Gasteiger partial charge is 0.224 e. The molecule has 1 atom stereocenters.